The molecule has 0 spiro atoms. The molecule has 1 heterocycles. The molecular weight excluding hydrogens is 276 g/mol. The number of sulfonamides is 1. The molecule has 1 aliphatic rings. The first-order valence-electron chi connectivity index (χ1n) is 7.10. The molecule has 1 N–H and O–H groups in total. The molecule has 6 heteroatoms. The Morgan fingerprint density at radius 3 is 2.50 bits per heavy atom. The molecule has 0 unspecified atom stereocenters. The summed E-state index contributed by atoms with van der Waals surface area (Å²) in [4.78, 5) is 0. The molecule has 0 saturated heterocycles. The van der Waals surface area contributed by atoms with Gasteiger partial charge in [0.1, 0.15) is 5.76 Å². The van der Waals surface area contributed by atoms with Crippen molar-refractivity contribution in [1.29, 1.82) is 0 Å². The number of nitrogens with one attached hydrogen (secondary N) is 1. The van der Waals surface area contributed by atoms with E-state index in [-0.39, 0.29) is 10.6 Å². The SMILES string of the molecule is CN(C)S(=O)(=O)c1ccc(CNC2(C)CCCCC2)o1. The number of furan rings is 1. The van der Waals surface area contributed by atoms with Crippen LogP contribution in [-0.2, 0) is 16.6 Å². The first-order chi connectivity index (χ1) is 9.33. The van der Waals surface area contributed by atoms with Crippen LogP contribution in [0.4, 0.5) is 0 Å². The molecule has 1 aliphatic carbocycles. The molecule has 0 bridgehead atoms. The zero-order chi connectivity index (χ0) is 14.8. The van der Waals surface area contributed by atoms with Gasteiger partial charge >= 0.3 is 0 Å². The largest absolute Gasteiger partial charge is 0.447 e. The van der Waals surface area contributed by atoms with Crippen molar-refractivity contribution in [2.75, 3.05) is 14.1 Å². The molecule has 5 nitrogen and oxygen atoms in total. The number of nitrogens with zero attached hydrogens (tertiary/aromatic N) is 1. The standard InChI is InChI=1S/C14H24N2O3S/c1-14(9-5-4-6-10-14)15-11-12-7-8-13(19-12)20(17,18)16(2)3/h7-8,15H,4-6,9-11H2,1-3H3. The Hall–Kier alpha value is -0.850. The van der Waals surface area contributed by atoms with Gasteiger partial charge in [0.2, 0.25) is 5.09 Å². The lowest BCUT2D eigenvalue weighted by molar-refractivity contribution is 0.242. The van der Waals surface area contributed by atoms with E-state index in [1.807, 2.05) is 0 Å². The van der Waals surface area contributed by atoms with Gasteiger partial charge in [-0.1, -0.05) is 19.3 Å². The van der Waals surface area contributed by atoms with Gasteiger partial charge in [-0.15, -0.1) is 0 Å². The summed E-state index contributed by atoms with van der Waals surface area (Å²) < 4.78 is 30.5. The zero-order valence-electron chi connectivity index (χ0n) is 12.5. The molecule has 2 rings (SSSR count). The van der Waals surface area contributed by atoms with Crippen LogP contribution in [0.25, 0.3) is 0 Å². The van der Waals surface area contributed by atoms with Crippen LogP contribution in [0, 0.1) is 0 Å². The van der Waals surface area contributed by atoms with E-state index < -0.39 is 10.0 Å². The van der Waals surface area contributed by atoms with E-state index in [1.165, 1.54) is 39.4 Å². The van der Waals surface area contributed by atoms with Gasteiger partial charge in [-0.05, 0) is 31.9 Å². The highest BCUT2D eigenvalue weighted by molar-refractivity contribution is 7.88. The van der Waals surface area contributed by atoms with E-state index in [2.05, 4.69) is 12.2 Å². The minimum atomic E-state index is -3.48. The number of rotatable bonds is 5. The molecule has 114 valence electrons. The van der Waals surface area contributed by atoms with Gasteiger partial charge in [-0.2, -0.15) is 0 Å². The van der Waals surface area contributed by atoms with Crippen LogP contribution >= 0.6 is 0 Å². The maximum Gasteiger partial charge on any atom is 0.275 e. The minimum absolute atomic E-state index is 0.00750. The van der Waals surface area contributed by atoms with E-state index in [9.17, 15) is 8.42 Å². The molecule has 0 atom stereocenters. The van der Waals surface area contributed by atoms with Crippen molar-refractivity contribution >= 4 is 10.0 Å². The fraction of sp³-hybridized carbons (Fsp3) is 0.714. The van der Waals surface area contributed by atoms with Crippen LogP contribution < -0.4 is 5.32 Å². The van der Waals surface area contributed by atoms with E-state index in [4.69, 9.17) is 4.42 Å². The molecule has 0 aromatic carbocycles. The Morgan fingerprint density at radius 1 is 1.25 bits per heavy atom. The normalized spacial score (nSPS) is 19.4. The third-order valence-electron chi connectivity index (χ3n) is 4.02. The van der Waals surface area contributed by atoms with Gasteiger partial charge in [0, 0.05) is 19.6 Å². The third-order valence-corrected chi connectivity index (χ3v) is 5.71. The summed E-state index contributed by atoms with van der Waals surface area (Å²) in [6.45, 7) is 2.80. The van der Waals surface area contributed by atoms with Crippen molar-refractivity contribution in [3.8, 4) is 0 Å². The average Bonchev–Trinajstić information content (AvgIpc) is 2.87. The van der Waals surface area contributed by atoms with Crippen molar-refractivity contribution < 1.29 is 12.8 Å². The predicted molar refractivity (Wildman–Crippen MR) is 77.9 cm³/mol. The van der Waals surface area contributed by atoms with Crippen LogP contribution in [0.2, 0.25) is 0 Å². The Morgan fingerprint density at radius 2 is 1.90 bits per heavy atom. The van der Waals surface area contributed by atoms with Crippen LogP contribution in [0.15, 0.2) is 21.6 Å². The monoisotopic (exact) mass is 300 g/mol. The molecule has 20 heavy (non-hydrogen) atoms. The Balaban J connectivity index is 2.00. The third kappa shape index (κ3) is 3.42. The van der Waals surface area contributed by atoms with Gasteiger partial charge in [0.25, 0.3) is 10.0 Å². The first-order valence-corrected chi connectivity index (χ1v) is 8.54. The summed E-state index contributed by atoms with van der Waals surface area (Å²) in [6, 6.07) is 3.26. The first kappa shape index (κ1) is 15.5. The minimum Gasteiger partial charge on any atom is -0.447 e. The Bertz CT molecular complexity index is 543. The fourth-order valence-electron chi connectivity index (χ4n) is 2.58. The second-order valence-electron chi connectivity index (χ2n) is 5.98. The summed E-state index contributed by atoms with van der Waals surface area (Å²) in [7, 11) is -0.478. The van der Waals surface area contributed by atoms with E-state index in [0.29, 0.717) is 12.3 Å². The molecule has 1 aromatic heterocycles. The molecular formula is C14H24N2O3S. The van der Waals surface area contributed by atoms with Crippen LogP contribution in [0.3, 0.4) is 0 Å². The lowest BCUT2D eigenvalue weighted by Gasteiger charge is -2.34. The van der Waals surface area contributed by atoms with Crippen LogP contribution in [0.1, 0.15) is 44.8 Å². The quantitative estimate of drug-likeness (QED) is 0.906. The van der Waals surface area contributed by atoms with E-state index >= 15 is 0 Å². The lowest BCUT2D eigenvalue weighted by Crippen LogP contribution is -2.43. The highest BCUT2D eigenvalue weighted by Gasteiger charge is 2.27. The molecule has 0 amide bonds. The molecule has 1 aromatic rings. The van der Waals surface area contributed by atoms with Crippen molar-refractivity contribution in [2.24, 2.45) is 0 Å². The fourth-order valence-corrected chi connectivity index (χ4v) is 3.39. The second kappa shape index (κ2) is 5.87. The maximum absolute atomic E-state index is 11.9. The smallest absolute Gasteiger partial charge is 0.275 e. The van der Waals surface area contributed by atoms with Crippen molar-refractivity contribution in [3.05, 3.63) is 17.9 Å². The topological polar surface area (TPSA) is 62.6 Å². The van der Waals surface area contributed by atoms with Gasteiger partial charge in [-0.3, -0.25) is 0 Å². The second-order valence-corrected chi connectivity index (χ2v) is 8.07. The zero-order valence-corrected chi connectivity index (χ0v) is 13.3. The van der Waals surface area contributed by atoms with E-state index in [0.717, 1.165) is 17.1 Å². The summed E-state index contributed by atoms with van der Waals surface area (Å²) in [5.41, 5.74) is 0.144. The summed E-state index contributed by atoms with van der Waals surface area (Å²) >= 11 is 0. The molecule has 1 saturated carbocycles. The van der Waals surface area contributed by atoms with Gasteiger partial charge in [0.15, 0.2) is 0 Å². The summed E-state index contributed by atoms with van der Waals surface area (Å²) in [5.74, 6) is 0.664. The van der Waals surface area contributed by atoms with Gasteiger partial charge in [0.05, 0.1) is 6.54 Å². The van der Waals surface area contributed by atoms with Crippen molar-refractivity contribution in [2.45, 2.75) is 56.2 Å². The Kier molecular flexibility index (Phi) is 4.56. The summed E-state index contributed by atoms with van der Waals surface area (Å²) in [6.07, 6.45) is 6.14. The average molecular weight is 300 g/mol. The van der Waals surface area contributed by atoms with Crippen LogP contribution in [0.5, 0.6) is 0 Å². The van der Waals surface area contributed by atoms with Gasteiger partial charge in [-0.25, -0.2) is 12.7 Å². The van der Waals surface area contributed by atoms with Crippen molar-refractivity contribution in [3.63, 3.8) is 0 Å². The highest BCUT2D eigenvalue weighted by atomic mass is 32.2. The molecule has 0 radical (unpaired) electrons. The van der Waals surface area contributed by atoms with E-state index in [1.54, 1.807) is 6.07 Å². The predicted octanol–water partition coefficient (Wildman–Crippen LogP) is 2.34. The van der Waals surface area contributed by atoms with Crippen LogP contribution in [-0.4, -0.2) is 32.4 Å². The number of hydrogen-bond donors (Lipinski definition) is 1. The van der Waals surface area contributed by atoms with Gasteiger partial charge < -0.3 is 9.73 Å². The Labute approximate surface area is 121 Å². The molecule has 1 fully saturated rings. The lowest BCUT2D eigenvalue weighted by atomic mass is 9.83. The molecule has 0 aliphatic heterocycles. The van der Waals surface area contributed by atoms with Crippen molar-refractivity contribution in [1.82, 2.24) is 9.62 Å². The summed E-state index contributed by atoms with van der Waals surface area (Å²) in [5, 5.41) is 3.51. The number of hydrogen-bond acceptors (Lipinski definition) is 4. The maximum atomic E-state index is 11.9. The highest BCUT2D eigenvalue weighted by Crippen LogP contribution is 2.28.